The molecule has 0 radical (unpaired) electrons. The number of benzene rings is 2. The summed E-state index contributed by atoms with van der Waals surface area (Å²) in [5.41, 5.74) is 2.30. The van der Waals surface area contributed by atoms with E-state index in [1.54, 1.807) is 18.1 Å². The first-order chi connectivity index (χ1) is 11.7. The van der Waals surface area contributed by atoms with Crippen LogP contribution in [0.25, 0.3) is 0 Å². The van der Waals surface area contributed by atoms with Gasteiger partial charge in [0.15, 0.2) is 0 Å². The van der Waals surface area contributed by atoms with Crippen LogP contribution in [0.2, 0.25) is 0 Å². The maximum absolute atomic E-state index is 10.0. The minimum atomic E-state index is 0.398. The zero-order valence-corrected chi connectivity index (χ0v) is 15.6. The fourth-order valence-electron chi connectivity index (χ4n) is 3.39. The molecule has 4 nitrogen and oxygen atoms in total. The van der Waals surface area contributed by atoms with E-state index in [0.717, 1.165) is 55.1 Å². The van der Waals surface area contributed by atoms with Crippen LogP contribution in [0.15, 0.2) is 46.9 Å². The number of hydrogen-bond donors (Lipinski definition) is 3. The molecule has 0 amide bonds. The molecule has 2 aromatic rings. The van der Waals surface area contributed by atoms with E-state index in [4.69, 9.17) is 4.74 Å². The fraction of sp³-hybridized carbons (Fsp3) is 0.368. The molecule has 0 unspecified atom stereocenters. The maximum atomic E-state index is 10.0. The lowest BCUT2D eigenvalue weighted by Gasteiger charge is -2.30. The van der Waals surface area contributed by atoms with Gasteiger partial charge in [-0.15, -0.1) is 0 Å². The lowest BCUT2D eigenvalue weighted by molar-refractivity contribution is -1.02. The molecule has 0 aromatic heterocycles. The van der Waals surface area contributed by atoms with Crippen molar-refractivity contribution in [2.24, 2.45) is 0 Å². The summed E-state index contributed by atoms with van der Waals surface area (Å²) in [6.07, 6.45) is 0. The molecule has 3 rings (SSSR count). The number of rotatable bonds is 5. The van der Waals surface area contributed by atoms with E-state index in [0.29, 0.717) is 5.75 Å². The molecule has 128 valence electrons. The summed E-state index contributed by atoms with van der Waals surface area (Å²) < 4.78 is 6.48. The second-order valence-electron chi connectivity index (χ2n) is 6.44. The molecule has 1 aliphatic rings. The van der Waals surface area contributed by atoms with E-state index in [9.17, 15) is 5.11 Å². The van der Waals surface area contributed by atoms with Crippen molar-refractivity contribution in [2.75, 3.05) is 33.3 Å². The number of quaternary nitrogens is 2. The van der Waals surface area contributed by atoms with Crippen LogP contribution in [0.1, 0.15) is 11.1 Å². The van der Waals surface area contributed by atoms with Gasteiger partial charge in [-0.25, -0.2) is 0 Å². The van der Waals surface area contributed by atoms with Crippen molar-refractivity contribution in [1.29, 1.82) is 0 Å². The summed E-state index contributed by atoms with van der Waals surface area (Å²) in [5, 5.41) is 10.0. The van der Waals surface area contributed by atoms with Gasteiger partial charge in [0.1, 0.15) is 50.8 Å². The molecule has 2 aromatic carbocycles. The Kier molecular flexibility index (Phi) is 5.76. The van der Waals surface area contributed by atoms with Gasteiger partial charge in [0.25, 0.3) is 0 Å². The normalized spacial score (nSPS) is 20.8. The Balaban J connectivity index is 1.55. The van der Waals surface area contributed by atoms with Gasteiger partial charge in [-0.2, -0.15) is 0 Å². The first-order valence-electron chi connectivity index (χ1n) is 8.42. The third-order valence-corrected chi connectivity index (χ3v) is 5.27. The molecule has 0 spiro atoms. The quantitative estimate of drug-likeness (QED) is 0.698. The van der Waals surface area contributed by atoms with Gasteiger partial charge in [-0.05, 0) is 30.3 Å². The highest BCUT2D eigenvalue weighted by Gasteiger charge is 2.24. The minimum Gasteiger partial charge on any atom is -0.507 e. The molecular formula is C19H25BrN2O2+2. The third kappa shape index (κ3) is 4.29. The van der Waals surface area contributed by atoms with Gasteiger partial charge < -0.3 is 19.6 Å². The van der Waals surface area contributed by atoms with E-state index in [1.165, 1.54) is 10.5 Å². The van der Waals surface area contributed by atoms with Gasteiger partial charge in [-0.1, -0.05) is 28.1 Å². The van der Waals surface area contributed by atoms with Gasteiger partial charge >= 0.3 is 0 Å². The van der Waals surface area contributed by atoms with E-state index in [1.807, 2.05) is 24.3 Å². The largest absolute Gasteiger partial charge is 0.507 e. The van der Waals surface area contributed by atoms with Crippen molar-refractivity contribution in [2.45, 2.75) is 13.1 Å². The zero-order valence-electron chi connectivity index (χ0n) is 14.0. The number of ether oxygens (including phenoxy) is 1. The van der Waals surface area contributed by atoms with E-state index < -0.39 is 0 Å². The number of hydrogen-bond acceptors (Lipinski definition) is 2. The molecule has 0 saturated carbocycles. The molecule has 1 heterocycles. The van der Waals surface area contributed by atoms with Crippen LogP contribution in [-0.2, 0) is 13.1 Å². The molecule has 24 heavy (non-hydrogen) atoms. The van der Waals surface area contributed by atoms with E-state index in [-0.39, 0.29) is 0 Å². The lowest BCUT2D eigenvalue weighted by Crippen LogP contribution is -3.27. The van der Waals surface area contributed by atoms with Crippen molar-refractivity contribution < 1.29 is 19.6 Å². The lowest BCUT2D eigenvalue weighted by atomic mass is 10.1. The standard InChI is InChI=1S/C19H23BrN2O2/c1-24-19-5-3-2-4-15(19)13-21-8-10-22(11-9-21)14-16-12-17(20)6-7-18(16)23/h2-7,12,23H,8-11,13-14H2,1H3/p+2. The van der Waals surface area contributed by atoms with E-state index in [2.05, 4.69) is 28.1 Å². The molecule has 1 aliphatic heterocycles. The highest BCUT2D eigenvalue weighted by atomic mass is 79.9. The molecule has 5 heteroatoms. The summed E-state index contributed by atoms with van der Waals surface area (Å²) in [6, 6.07) is 14.0. The minimum absolute atomic E-state index is 0.398. The number of phenolic OH excluding ortho intramolecular Hbond substituents is 1. The van der Waals surface area contributed by atoms with Crippen molar-refractivity contribution in [3.8, 4) is 11.5 Å². The summed E-state index contributed by atoms with van der Waals surface area (Å²) in [6.45, 7) is 6.42. The molecule has 0 aliphatic carbocycles. The van der Waals surface area contributed by atoms with Crippen molar-refractivity contribution in [1.82, 2.24) is 0 Å². The predicted molar refractivity (Wildman–Crippen MR) is 97.6 cm³/mol. The van der Waals surface area contributed by atoms with E-state index >= 15 is 0 Å². The summed E-state index contributed by atoms with van der Waals surface area (Å²) in [4.78, 5) is 3.13. The van der Waals surface area contributed by atoms with Crippen molar-refractivity contribution in [3.05, 3.63) is 58.1 Å². The predicted octanol–water partition coefficient (Wildman–Crippen LogP) is 0.647. The monoisotopic (exact) mass is 392 g/mol. The molecular weight excluding hydrogens is 368 g/mol. The van der Waals surface area contributed by atoms with Gasteiger partial charge in [0, 0.05) is 15.6 Å². The number of phenols is 1. The molecule has 0 bridgehead atoms. The van der Waals surface area contributed by atoms with Crippen LogP contribution >= 0.6 is 15.9 Å². The topological polar surface area (TPSA) is 38.3 Å². The van der Waals surface area contributed by atoms with Crippen LogP contribution in [0.5, 0.6) is 11.5 Å². The van der Waals surface area contributed by atoms with Crippen LogP contribution in [0.4, 0.5) is 0 Å². The van der Waals surface area contributed by atoms with Crippen LogP contribution < -0.4 is 14.5 Å². The van der Waals surface area contributed by atoms with Gasteiger partial charge in [0.2, 0.25) is 0 Å². The van der Waals surface area contributed by atoms with Crippen LogP contribution in [0, 0.1) is 0 Å². The highest BCUT2D eigenvalue weighted by molar-refractivity contribution is 9.10. The third-order valence-electron chi connectivity index (χ3n) is 4.78. The summed E-state index contributed by atoms with van der Waals surface area (Å²) in [5.74, 6) is 1.38. The molecule has 3 N–H and O–H groups in total. The Morgan fingerprint density at radius 1 is 0.958 bits per heavy atom. The highest BCUT2D eigenvalue weighted by Crippen LogP contribution is 2.21. The Hall–Kier alpha value is -1.56. The molecule has 0 atom stereocenters. The number of nitrogens with one attached hydrogen (secondary N) is 2. The first-order valence-corrected chi connectivity index (χ1v) is 9.21. The Morgan fingerprint density at radius 2 is 1.58 bits per heavy atom. The van der Waals surface area contributed by atoms with Gasteiger partial charge in [0.05, 0.1) is 7.11 Å². The fourth-order valence-corrected chi connectivity index (χ4v) is 3.80. The van der Waals surface area contributed by atoms with Crippen LogP contribution in [0.3, 0.4) is 0 Å². The average molecular weight is 393 g/mol. The second kappa shape index (κ2) is 8.01. The van der Waals surface area contributed by atoms with Crippen molar-refractivity contribution in [3.63, 3.8) is 0 Å². The van der Waals surface area contributed by atoms with Crippen LogP contribution in [-0.4, -0.2) is 38.4 Å². The molecule has 1 saturated heterocycles. The summed E-state index contributed by atoms with van der Waals surface area (Å²) in [7, 11) is 1.74. The second-order valence-corrected chi connectivity index (χ2v) is 7.35. The number of para-hydroxylation sites is 1. The zero-order chi connectivity index (χ0) is 16.9. The maximum Gasteiger partial charge on any atom is 0.127 e. The Labute approximate surface area is 151 Å². The van der Waals surface area contributed by atoms with Crippen molar-refractivity contribution >= 4 is 15.9 Å². The Morgan fingerprint density at radius 3 is 2.25 bits per heavy atom. The number of piperazine rings is 1. The number of aromatic hydroxyl groups is 1. The number of halogens is 1. The smallest absolute Gasteiger partial charge is 0.127 e. The molecule has 1 fully saturated rings. The summed E-state index contributed by atoms with van der Waals surface area (Å²) >= 11 is 3.48. The number of methoxy groups -OCH3 is 1. The SMILES string of the molecule is COc1ccccc1C[NH+]1CC[NH+](Cc2cc(Br)ccc2O)CC1. The average Bonchev–Trinajstić information content (AvgIpc) is 2.60. The van der Waals surface area contributed by atoms with Gasteiger partial charge in [-0.3, -0.25) is 0 Å². The first kappa shape index (κ1) is 17.3. The Bertz CT molecular complexity index is 685.